The summed E-state index contributed by atoms with van der Waals surface area (Å²) in [7, 11) is 0. The standard InChI is InChI=1S/C18H25N5O2/c1-12(2)23(13(3)4)10-9-20-17(24)15-11-16(21-22-18(15)25)14-5-7-19-8-6-14/h5-8,11-13H,9-10H2,1-4H3,(H,20,24)(H,22,25). The van der Waals surface area contributed by atoms with Crippen LogP contribution in [0.5, 0.6) is 0 Å². The van der Waals surface area contributed by atoms with Crippen LogP contribution < -0.4 is 10.9 Å². The van der Waals surface area contributed by atoms with E-state index in [0.29, 0.717) is 24.3 Å². The number of aromatic amines is 1. The van der Waals surface area contributed by atoms with Crippen LogP contribution in [-0.4, -0.2) is 51.2 Å². The van der Waals surface area contributed by atoms with Crippen LogP contribution in [0.3, 0.4) is 0 Å². The lowest BCUT2D eigenvalue weighted by Gasteiger charge is -2.30. The van der Waals surface area contributed by atoms with Crippen LogP contribution in [0.25, 0.3) is 11.3 Å². The Morgan fingerprint density at radius 1 is 1.20 bits per heavy atom. The molecule has 25 heavy (non-hydrogen) atoms. The maximum atomic E-state index is 12.4. The van der Waals surface area contributed by atoms with E-state index in [4.69, 9.17) is 0 Å². The van der Waals surface area contributed by atoms with Gasteiger partial charge in [-0.25, -0.2) is 5.10 Å². The normalized spacial score (nSPS) is 11.3. The van der Waals surface area contributed by atoms with E-state index in [1.807, 2.05) is 0 Å². The molecule has 0 aliphatic rings. The predicted molar refractivity (Wildman–Crippen MR) is 97.4 cm³/mol. The lowest BCUT2D eigenvalue weighted by Crippen LogP contribution is -2.43. The van der Waals surface area contributed by atoms with Gasteiger partial charge in [-0.2, -0.15) is 5.10 Å². The molecule has 1 amide bonds. The third kappa shape index (κ3) is 4.96. The van der Waals surface area contributed by atoms with Crippen molar-refractivity contribution in [2.75, 3.05) is 13.1 Å². The number of nitrogens with one attached hydrogen (secondary N) is 2. The molecule has 0 radical (unpaired) electrons. The molecule has 0 atom stereocenters. The van der Waals surface area contributed by atoms with Crippen molar-refractivity contribution >= 4 is 5.91 Å². The van der Waals surface area contributed by atoms with Crippen molar-refractivity contribution in [2.24, 2.45) is 0 Å². The Morgan fingerprint density at radius 3 is 2.44 bits per heavy atom. The maximum absolute atomic E-state index is 12.4. The Kier molecular flexibility index (Phi) is 6.41. The Balaban J connectivity index is 2.08. The number of nitrogens with zero attached hydrogens (tertiary/aromatic N) is 3. The van der Waals surface area contributed by atoms with Gasteiger partial charge in [-0.1, -0.05) is 0 Å². The fourth-order valence-electron chi connectivity index (χ4n) is 2.75. The number of hydrogen-bond acceptors (Lipinski definition) is 5. The van der Waals surface area contributed by atoms with Crippen LogP contribution in [0, 0.1) is 0 Å². The summed E-state index contributed by atoms with van der Waals surface area (Å²) in [5.41, 5.74) is 0.867. The van der Waals surface area contributed by atoms with Crippen molar-refractivity contribution < 1.29 is 4.79 Å². The van der Waals surface area contributed by atoms with Crippen LogP contribution in [0.1, 0.15) is 38.1 Å². The van der Waals surface area contributed by atoms with E-state index in [0.717, 1.165) is 12.1 Å². The number of carbonyl (C=O) groups is 1. The van der Waals surface area contributed by atoms with Crippen molar-refractivity contribution in [1.82, 2.24) is 25.4 Å². The molecule has 0 spiro atoms. The molecule has 0 saturated heterocycles. The van der Waals surface area contributed by atoms with E-state index in [1.165, 1.54) is 6.07 Å². The summed E-state index contributed by atoms with van der Waals surface area (Å²) in [5.74, 6) is -0.397. The SMILES string of the molecule is CC(C)N(CCNC(=O)c1cc(-c2ccncc2)n[nH]c1=O)C(C)C. The smallest absolute Gasteiger partial charge is 0.277 e. The van der Waals surface area contributed by atoms with Gasteiger partial charge >= 0.3 is 0 Å². The Bertz CT molecular complexity index is 748. The van der Waals surface area contributed by atoms with Gasteiger partial charge < -0.3 is 5.32 Å². The fraction of sp³-hybridized carbons (Fsp3) is 0.444. The van der Waals surface area contributed by atoms with Crippen LogP contribution in [-0.2, 0) is 0 Å². The summed E-state index contributed by atoms with van der Waals surface area (Å²) in [6, 6.07) is 5.82. The zero-order chi connectivity index (χ0) is 18.4. The number of pyridine rings is 1. The van der Waals surface area contributed by atoms with E-state index in [1.54, 1.807) is 24.5 Å². The fourth-order valence-corrected chi connectivity index (χ4v) is 2.75. The summed E-state index contributed by atoms with van der Waals surface area (Å²) in [6.45, 7) is 9.68. The second kappa shape index (κ2) is 8.53. The second-order valence-corrected chi connectivity index (χ2v) is 6.41. The van der Waals surface area contributed by atoms with E-state index < -0.39 is 11.5 Å². The summed E-state index contributed by atoms with van der Waals surface area (Å²) >= 11 is 0. The van der Waals surface area contributed by atoms with Crippen LogP contribution in [0.15, 0.2) is 35.4 Å². The number of amides is 1. The van der Waals surface area contributed by atoms with Crippen molar-refractivity contribution in [2.45, 2.75) is 39.8 Å². The number of rotatable bonds is 7. The molecule has 0 fully saturated rings. The van der Waals surface area contributed by atoms with Gasteiger partial charge in [0.2, 0.25) is 0 Å². The quantitative estimate of drug-likeness (QED) is 0.798. The average molecular weight is 343 g/mol. The monoisotopic (exact) mass is 343 g/mol. The summed E-state index contributed by atoms with van der Waals surface area (Å²) in [5, 5.41) is 9.20. The van der Waals surface area contributed by atoms with Gasteiger partial charge in [-0.3, -0.25) is 19.5 Å². The molecule has 0 saturated carbocycles. The molecule has 0 bridgehead atoms. The van der Waals surface area contributed by atoms with E-state index in [-0.39, 0.29) is 5.56 Å². The number of carbonyl (C=O) groups excluding carboxylic acids is 1. The Hall–Kier alpha value is -2.54. The van der Waals surface area contributed by atoms with Crippen molar-refractivity contribution in [1.29, 1.82) is 0 Å². The van der Waals surface area contributed by atoms with Crippen molar-refractivity contribution in [3.05, 3.63) is 46.5 Å². The van der Waals surface area contributed by atoms with E-state index in [2.05, 4.69) is 53.1 Å². The minimum atomic E-state index is -0.500. The van der Waals surface area contributed by atoms with Crippen LogP contribution in [0.2, 0.25) is 0 Å². The first kappa shape index (κ1) is 18.8. The minimum Gasteiger partial charge on any atom is -0.351 e. The molecule has 7 heteroatoms. The van der Waals surface area contributed by atoms with Crippen LogP contribution >= 0.6 is 0 Å². The molecule has 0 aliphatic heterocycles. The van der Waals surface area contributed by atoms with Gasteiger partial charge in [-0.15, -0.1) is 0 Å². The average Bonchev–Trinajstić information content (AvgIpc) is 2.59. The molecule has 0 aliphatic carbocycles. The third-order valence-electron chi connectivity index (χ3n) is 4.01. The lowest BCUT2D eigenvalue weighted by atomic mass is 10.1. The highest BCUT2D eigenvalue weighted by Crippen LogP contribution is 2.14. The summed E-state index contributed by atoms with van der Waals surface area (Å²) in [6.07, 6.45) is 3.27. The highest BCUT2D eigenvalue weighted by molar-refractivity contribution is 5.94. The molecule has 7 nitrogen and oxygen atoms in total. The molecule has 2 heterocycles. The van der Waals surface area contributed by atoms with Gasteiger partial charge in [0.1, 0.15) is 5.56 Å². The summed E-state index contributed by atoms with van der Waals surface area (Å²) < 4.78 is 0. The first-order chi connectivity index (χ1) is 11.9. The highest BCUT2D eigenvalue weighted by atomic mass is 16.2. The van der Waals surface area contributed by atoms with Gasteiger partial charge in [0.15, 0.2) is 0 Å². The number of aromatic nitrogens is 3. The topological polar surface area (TPSA) is 91.0 Å². The molecule has 2 aromatic heterocycles. The van der Waals surface area contributed by atoms with Crippen LogP contribution in [0.4, 0.5) is 0 Å². The highest BCUT2D eigenvalue weighted by Gasteiger charge is 2.16. The van der Waals surface area contributed by atoms with Crippen molar-refractivity contribution in [3.8, 4) is 11.3 Å². The van der Waals surface area contributed by atoms with Gasteiger partial charge in [0.25, 0.3) is 11.5 Å². The van der Waals surface area contributed by atoms with Gasteiger partial charge in [0.05, 0.1) is 5.69 Å². The summed E-state index contributed by atoms with van der Waals surface area (Å²) in [4.78, 5) is 30.6. The number of hydrogen-bond donors (Lipinski definition) is 2. The van der Waals surface area contributed by atoms with Crippen molar-refractivity contribution in [3.63, 3.8) is 0 Å². The zero-order valence-electron chi connectivity index (χ0n) is 15.1. The zero-order valence-corrected chi connectivity index (χ0v) is 15.1. The lowest BCUT2D eigenvalue weighted by molar-refractivity contribution is 0.0937. The minimum absolute atomic E-state index is 0.0578. The second-order valence-electron chi connectivity index (χ2n) is 6.41. The molecule has 2 aromatic rings. The predicted octanol–water partition coefficient (Wildman–Crippen LogP) is 1.68. The van der Waals surface area contributed by atoms with Gasteiger partial charge in [-0.05, 0) is 45.9 Å². The first-order valence-electron chi connectivity index (χ1n) is 8.44. The first-order valence-corrected chi connectivity index (χ1v) is 8.44. The van der Waals surface area contributed by atoms with E-state index >= 15 is 0 Å². The molecule has 134 valence electrons. The largest absolute Gasteiger partial charge is 0.351 e. The van der Waals surface area contributed by atoms with E-state index in [9.17, 15) is 9.59 Å². The molecule has 0 aromatic carbocycles. The molecule has 2 N–H and O–H groups in total. The third-order valence-corrected chi connectivity index (χ3v) is 4.01. The molecular weight excluding hydrogens is 318 g/mol. The van der Waals surface area contributed by atoms with Gasteiger partial charge in [0, 0.05) is 43.1 Å². The molecular formula is C18H25N5O2. The molecule has 0 unspecified atom stereocenters. The Labute approximate surface area is 147 Å². The molecule has 2 rings (SSSR count). The maximum Gasteiger partial charge on any atom is 0.277 e. The Morgan fingerprint density at radius 2 is 1.84 bits per heavy atom. The number of H-pyrrole nitrogens is 1.